The number of nitrogens with one attached hydrogen (secondary N) is 1. The van der Waals surface area contributed by atoms with Gasteiger partial charge in [-0.15, -0.1) is 0 Å². The zero-order valence-electron chi connectivity index (χ0n) is 11.1. The lowest BCUT2D eigenvalue weighted by Crippen LogP contribution is -2.15. The summed E-state index contributed by atoms with van der Waals surface area (Å²) in [5.41, 5.74) is 1.11. The maximum absolute atomic E-state index is 8.52. The molecule has 1 rings (SSSR count). The zero-order valence-corrected chi connectivity index (χ0v) is 11.1. The van der Waals surface area contributed by atoms with Gasteiger partial charge >= 0.3 is 0 Å². The van der Waals surface area contributed by atoms with Crippen molar-refractivity contribution >= 4 is 0 Å². The molecule has 0 unspecified atom stereocenters. The number of nitriles is 1. The normalized spacial score (nSPS) is 10.0. The van der Waals surface area contributed by atoms with Gasteiger partial charge in [-0.25, -0.2) is 0 Å². The first-order chi connectivity index (χ1) is 8.88. The molecule has 0 aliphatic rings. The van der Waals surface area contributed by atoms with Crippen LogP contribution in [0.2, 0.25) is 0 Å². The summed E-state index contributed by atoms with van der Waals surface area (Å²) in [5, 5.41) is 11.9. The van der Waals surface area contributed by atoms with Crippen LogP contribution in [0, 0.1) is 11.3 Å². The lowest BCUT2D eigenvalue weighted by molar-refractivity contribution is 0.362. The third-order valence-electron chi connectivity index (χ3n) is 2.79. The molecular weight excluding hydrogens is 224 g/mol. The highest BCUT2D eigenvalue weighted by molar-refractivity contribution is 5.33. The predicted octanol–water partition coefficient (Wildman–Crippen LogP) is 3.26. The molecule has 1 aromatic rings. The number of hydrogen-bond acceptors (Lipinski definition) is 3. The fraction of sp³-hybridized carbons (Fsp3) is 0.533. The number of benzene rings is 1. The van der Waals surface area contributed by atoms with Crippen LogP contribution in [0.1, 0.15) is 38.2 Å². The molecule has 98 valence electrons. The van der Waals surface area contributed by atoms with Crippen molar-refractivity contribution in [1.82, 2.24) is 5.32 Å². The molecule has 0 amide bonds. The molecule has 0 bridgehead atoms. The maximum Gasteiger partial charge on any atom is 0.174 e. The van der Waals surface area contributed by atoms with Crippen LogP contribution in [0.5, 0.6) is 5.75 Å². The summed E-state index contributed by atoms with van der Waals surface area (Å²) < 4.78 is 5.38. The van der Waals surface area contributed by atoms with Gasteiger partial charge in [0.15, 0.2) is 6.61 Å². The van der Waals surface area contributed by atoms with Gasteiger partial charge in [-0.3, -0.25) is 0 Å². The largest absolute Gasteiger partial charge is 0.478 e. The minimum absolute atomic E-state index is 0.105. The van der Waals surface area contributed by atoms with Crippen molar-refractivity contribution in [2.75, 3.05) is 13.2 Å². The van der Waals surface area contributed by atoms with E-state index in [1.54, 1.807) is 0 Å². The standard InChI is InChI=1S/C15H22N2O/c1-2-3-4-7-11-17-13-14-8-5-6-9-15(14)18-12-10-16/h5-6,8-9,17H,2-4,7,11-13H2,1H3. The molecule has 0 fully saturated rings. The number of unbranched alkanes of at least 4 members (excludes halogenated alkanes) is 3. The minimum Gasteiger partial charge on any atom is -0.478 e. The maximum atomic E-state index is 8.52. The van der Waals surface area contributed by atoms with Crippen molar-refractivity contribution in [1.29, 1.82) is 5.26 Å². The predicted molar refractivity (Wildman–Crippen MR) is 73.4 cm³/mol. The molecule has 0 aromatic heterocycles. The van der Waals surface area contributed by atoms with Gasteiger partial charge in [0, 0.05) is 12.1 Å². The quantitative estimate of drug-likeness (QED) is 0.680. The van der Waals surface area contributed by atoms with E-state index in [9.17, 15) is 0 Å². The molecule has 0 heterocycles. The fourth-order valence-electron chi connectivity index (χ4n) is 1.80. The number of rotatable bonds is 9. The molecule has 3 heteroatoms. The van der Waals surface area contributed by atoms with E-state index in [4.69, 9.17) is 10.00 Å². The van der Waals surface area contributed by atoms with Gasteiger partial charge in [0.1, 0.15) is 11.8 Å². The van der Waals surface area contributed by atoms with E-state index < -0.39 is 0 Å². The van der Waals surface area contributed by atoms with Gasteiger partial charge in [0.2, 0.25) is 0 Å². The van der Waals surface area contributed by atoms with Crippen molar-refractivity contribution in [2.45, 2.75) is 39.2 Å². The Balaban J connectivity index is 2.30. The van der Waals surface area contributed by atoms with Crippen LogP contribution in [-0.2, 0) is 6.54 Å². The van der Waals surface area contributed by atoms with Gasteiger partial charge in [-0.2, -0.15) is 5.26 Å². The molecule has 0 aliphatic heterocycles. The minimum atomic E-state index is 0.105. The van der Waals surface area contributed by atoms with Crippen molar-refractivity contribution in [2.24, 2.45) is 0 Å². The van der Waals surface area contributed by atoms with Crippen molar-refractivity contribution in [3.8, 4) is 11.8 Å². The van der Waals surface area contributed by atoms with Crippen LogP contribution in [0.4, 0.5) is 0 Å². The Kier molecular flexibility index (Phi) is 7.66. The molecule has 0 aliphatic carbocycles. The summed E-state index contributed by atoms with van der Waals surface area (Å²) >= 11 is 0. The van der Waals surface area contributed by atoms with Gasteiger partial charge < -0.3 is 10.1 Å². The molecule has 3 nitrogen and oxygen atoms in total. The Morgan fingerprint density at radius 3 is 2.83 bits per heavy atom. The first kappa shape index (κ1) is 14.5. The van der Waals surface area contributed by atoms with Crippen molar-refractivity contribution in [3.63, 3.8) is 0 Å². The highest BCUT2D eigenvalue weighted by atomic mass is 16.5. The summed E-state index contributed by atoms with van der Waals surface area (Å²) in [6.45, 7) is 4.16. The van der Waals surface area contributed by atoms with Crippen LogP contribution in [0.3, 0.4) is 0 Å². The number of ether oxygens (including phenoxy) is 1. The molecule has 0 radical (unpaired) electrons. The highest BCUT2D eigenvalue weighted by Crippen LogP contribution is 2.17. The van der Waals surface area contributed by atoms with Crippen molar-refractivity contribution in [3.05, 3.63) is 29.8 Å². The van der Waals surface area contributed by atoms with Gasteiger partial charge in [0.25, 0.3) is 0 Å². The number of hydrogen-bond donors (Lipinski definition) is 1. The van der Waals surface area contributed by atoms with Crippen molar-refractivity contribution < 1.29 is 4.74 Å². The van der Waals surface area contributed by atoms with E-state index in [2.05, 4.69) is 12.2 Å². The van der Waals surface area contributed by atoms with E-state index in [0.29, 0.717) is 0 Å². The van der Waals surface area contributed by atoms with Crippen LogP contribution in [0.15, 0.2) is 24.3 Å². The third kappa shape index (κ3) is 5.70. The Morgan fingerprint density at radius 1 is 1.22 bits per heavy atom. The molecule has 1 N–H and O–H groups in total. The average Bonchev–Trinajstić information content (AvgIpc) is 2.41. The van der Waals surface area contributed by atoms with Gasteiger partial charge in [0.05, 0.1) is 0 Å². The molecule has 0 atom stereocenters. The van der Waals surface area contributed by atoms with E-state index in [1.165, 1.54) is 25.7 Å². The summed E-state index contributed by atoms with van der Waals surface area (Å²) in [7, 11) is 0. The van der Waals surface area contributed by atoms with Gasteiger partial charge in [-0.05, 0) is 19.0 Å². The number of nitrogens with zero attached hydrogens (tertiary/aromatic N) is 1. The van der Waals surface area contributed by atoms with E-state index in [-0.39, 0.29) is 6.61 Å². The van der Waals surface area contributed by atoms with Gasteiger partial charge in [-0.1, -0.05) is 44.4 Å². The molecule has 0 spiro atoms. The first-order valence-corrected chi connectivity index (χ1v) is 6.67. The highest BCUT2D eigenvalue weighted by Gasteiger charge is 2.01. The second-order valence-corrected chi connectivity index (χ2v) is 4.29. The van der Waals surface area contributed by atoms with E-state index in [1.807, 2.05) is 30.3 Å². The molecule has 1 aromatic carbocycles. The van der Waals surface area contributed by atoms with Crippen LogP contribution in [0.25, 0.3) is 0 Å². The number of para-hydroxylation sites is 1. The molecular formula is C15H22N2O. The summed E-state index contributed by atoms with van der Waals surface area (Å²) in [6.07, 6.45) is 5.08. The SMILES string of the molecule is CCCCCCNCc1ccccc1OCC#N. The fourth-order valence-corrected chi connectivity index (χ4v) is 1.80. The van der Waals surface area contributed by atoms with E-state index in [0.717, 1.165) is 24.4 Å². The summed E-state index contributed by atoms with van der Waals surface area (Å²) in [6, 6.07) is 9.85. The first-order valence-electron chi connectivity index (χ1n) is 6.67. The zero-order chi connectivity index (χ0) is 13.1. The Hall–Kier alpha value is -1.53. The molecule has 0 saturated carbocycles. The summed E-state index contributed by atoms with van der Waals surface area (Å²) in [5.74, 6) is 0.806. The second-order valence-electron chi connectivity index (χ2n) is 4.29. The lowest BCUT2D eigenvalue weighted by Gasteiger charge is -2.10. The lowest BCUT2D eigenvalue weighted by atomic mass is 10.2. The molecule has 0 saturated heterocycles. The van der Waals surface area contributed by atoms with E-state index >= 15 is 0 Å². The topological polar surface area (TPSA) is 45.0 Å². The molecule has 18 heavy (non-hydrogen) atoms. The Morgan fingerprint density at radius 2 is 2.06 bits per heavy atom. The Bertz CT molecular complexity index is 371. The monoisotopic (exact) mass is 246 g/mol. The third-order valence-corrected chi connectivity index (χ3v) is 2.79. The second kappa shape index (κ2) is 9.49. The van der Waals surface area contributed by atoms with Crippen LogP contribution < -0.4 is 10.1 Å². The van der Waals surface area contributed by atoms with Crippen LogP contribution in [-0.4, -0.2) is 13.2 Å². The summed E-state index contributed by atoms with van der Waals surface area (Å²) in [4.78, 5) is 0. The average molecular weight is 246 g/mol. The Labute approximate surface area is 110 Å². The van der Waals surface area contributed by atoms with Crippen LogP contribution >= 0.6 is 0 Å². The smallest absolute Gasteiger partial charge is 0.174 e.